The van der Waals surface area contributed by atoms with Crippen molar-refractivity contribution in [1.82, 2.24) is 0 Å². The normalized spacial score (nSPS) is 14.4. The van der Waals surface area contributed by atoms with Crippen LogP contribution in [0.4, 0.5) is 0 Å². The molecule has 0 heterocycles. The monoisotopic (exact) mass is 299 g/mol. The van der Waals surface area contributed by atoms with Crippen LogP contribution in [0.15, 0.2) is 12.1 Å². The highest BCUT2D eigenvalue weighted by molar-refractivity contribution is 6.30. The maximum Gasteiger partial charge on any atom is 0.125 e. The van der Waals surface area contributed by atoms with Gasteiger partial charge < -0.3 is 15.6 Å². The number of aliphatic hydroxyl groups is 1. The summed E-state index contributed by atoms with van der Waals surface area (Å²) in [6.07, 6.45) is 0.821. The van der Waals surface area contributed by atoms with Crippen molar-refractivity contribution in [2.45, 2.75) is 39.0 Å². The van der Waals surface area contributed by atoms with Crippen LogP contribution in [-0.4, -0.2) is 25.4 Å². The molecule has 3 nitrogen and oxygen atoms in total. The van der Waals surface area contributed by atoms with Crippen molar-refractivity contribution >= 4 is 11.6 Å². The van der Waals surface area contributed by atoms with Crippen LogP contribution in [-0.2, 0) is 0 Å². The number of halogens is 1. The van der Waals surface area contributed by atoms with Crippen LogP contribution >= 0.6 is 11.6 Å². The van der Waals surface area contributed by atoms with E-state index in [1.54, 1.807) is 7.11 Å². The van der Waals surface area contributed by atoms with E-state index in [4.69, 9.17) is 22.1 Å². The highest BCUT2D eigenvalue weighted by atomic mass is 35.5. The van der Waals surface area contributed by atoms with Gasteiger partial charge in [0, 0.05) is 11.6 Å². The molecule has 0 spiro atoms. The summed E-state index contributed by atoms with van der Waals surface area (Å²) in [7, 11) is 1.69. The van der Waals surface area contributed by atoms with E-state index in [0.717, 1.165) is 28.3 Å². The number of nitrogens with two attached hydrogens (primary N) is 1. The summed E-state index contributed by atoms with van der Waals surface area (Å²) in [5.74, 6) is 1.60. The molecular weight excluding hydrogens is 274 g/mol. The third-order valence-corrected chi connectivity index (χ3v) is 3.96. The van der Waals surface area contributed by atoms with Gasteiger partial charge in [-0.15, -0.1) is 0 Å². The fourth-order valence-electron chi connectivity index (χ4n) is 2.54. The highest BCUT2D eigenvalue weighted by Crippen LogP contribution is 2.39. The molecule has 114 valence electrons. The first-order chi connectivity index (χ1) is 9.44. The Bertz CT molecular complexity index is 431. The minimum atomic E-state index is 0.108. The molecular formula is C16H26ClNO2. The Morgan fingerprint density at radius 2 is 1.85 bits per heavy atom. The zero-order valence-electron chi connectivity index (χ0n) is 12.8. The second-order valence-corrected chi connectivity index (χ2v) is 6.13. The molecule has 0 fully saturated rings. The summed E-state index contributed by atoms with van der Waals surface area (Å²) in [5.41, 5.74) is 7.88. The minimum Gasteiger partial charge on any atom is -0.496 e. The van der Waals surface area contributed by atoms with Gasteiger partial charge in [0.2, 0.25) is 0 Å². The Kier molecular flexibility index (Phi) is 6.80. The lowest BCUT2D eigenvalue weighted by molar-refractivity contribution is 0.216. The number of ether oxygens (including phenoxy) is 1. The SMILES string of the molecule is COc1c(C(C)C)cc(Cl)cc1C(C)CC(CN)CO. The average Bonchev–Trinajstić information content (AvgIpc) is 2.43. The van der Waals surface area contributed by atoms with E-state index in [9.17, 15) is 5.11 Å². The van der Waals surface area contributed by atoms with E-state index in [0.29, 0.717) is 12.5 Å². The predicted molar refractivity (Wildman–Crippen MR) is 84.8 cm³/mol. The van der Waals surface area contributed by atoms with E-state index in [2.05, 4.69) is 20.8 Å². The number of methoxy groups -OCH3 is 1. The minimum absolute atomic E-state index is 0.108. The Balaban J connectivity index is 3.15. The average molecular weight is 300 g/mol. The summed E-state index contributed by atoms with van der Waals surface area (Å²) in [6.45, 7) is 6.97. The number of hydrogen-bond acceptors (Lipinski definition) is 3. The van der Waals surface area contributed by atoms with Crippen molar-refractivity contribution in [3.63, 3.8) is 0 Å². The molecule has 0 aliphatic heterocycles. The molecule has 20 heavy (non-hydrogen) atoms. The van der Waals surface area contributed by atoms with Gasteiger partial charge in [0.05, 0.1) is 7.11 Å². The highest BCUT2D eigenvalue weighted by Gasteiger charge is 2.20. The zero-order valence-corrected chi connectivity index (χ0v) is 13.6. The second-order valence-electron chi connectivity index (χ2n) is 5.69. The molecule has 2 unspecified atom stereocenters. The predicted octanol–water partition coefficient (Wildman–Crippen LogP) is 3.53. The van der Waals surface area contributed by atoms with Crippen molar-refractivity contribution in [2.24, 2.45) is 11.7 Å². The van der Waals surface area contributed by atoms with Gasteiger partial charge >= 0.3 is 0 Å². The Morgan fingerprint density at radius 1 is 1.25 bits per heavy atom. The maximum absolute atomic E-state index is 9.31. The first-order valence-electron chi connectivity index (χ1n) is 7.12. The maximum atomic E-state index is 9.31. The fourth-order valence-corrected chi connectivity index (χ4v) is 2.77. The van der Waals surface area contributed by atoms with Gasteiger partial charge in [-0.2, -0.15) is 0 Å². The molecule has 0 saturated carbocycles. The van der Waals surface area contributed by atoms with Crippen LogP contribution < -0.4 is 10.5 Å². The first kappa shape index (κ1) is 17.3. The zero-order chi connectivity index (χ0) is 15.3. The standard InChI is InChI=1S/C16H26ClNO2/c1-10(2)14-6-13(17)7-15(16(14)20-4)11(3)5-12(8-18)9-19/h6-7,10-12,19H,5,8-9,18H2,1-4H3. The van der Waals surface area contributed by atoms with Crippen LogP contribution in [0.1, 0.15) is 50.2 Å². The van der Waals surface area contributed by atoms with Gasteiger partial charge in [0.15, 0.2) is 0 Å². The number of hydrogen-bond donors (Lipinski definition) is 2. The van der Waals surface area contributed by atoms with E-state index >= 15 is 0 Å². The van der Waals surface area contributed by atoms with Crippen molar-refractivity contribution in [2.75, 3.05) is 20.3 Å². The summed E-state index contributed by atoms with van der Waals surface area (Å²) in [6, 6.07) is 3.93. The lowest BCUT2D eigenvalue weighted by atomic mass is 9.87. The number of benzene rings is 1. The van der Waals surface area contributed by atoms with E-state index < -0.39 is 0 Å². The Morgan fingerprint density at radius 3 is 2.30 bits per heavy atom. The van der Waals surface area contributed by atoms with E-state index in [-0.39, 0.29) is 18.4 Å². The molecule has 4 heteroatoms. The summed E-state index contributed by atoms with van der Waals surface area (Å²) in [4.78, 5) is 0. The molecule has 1 aromatic carbocycles. The molecule has 1 rings (SSSR count). The van der Waals surface area contributed by atoms with Crippen molar-refractivity contribution in [3.05, 3.63) is 28.3 Å². The number of aliphatic hydroxyl groups excluding tert-OH is 1. The van der Waals surface area contributed by atoms with Crippen LogP contribution in [0, 0.1) is 5.92 Å². The van der Waals surface area contributed by atoms with Gasteiger partial charge in [-0.05, 0) is 54.0 Å². The molecule has 0 aromatic heterocycles. The first-order valence-corrected chi connectivity index (χ1v) is 7.50. The fraction of sp³-hybridized carbons (Fsp3) is 0.625. The van der Waals surface area contributed by atoms with E-state index in [1.807, 2.05) is 12.1 Å². The van der Waals surface area contributed by atoms with Crippen LogP contribution in [0.5, 0.6) is 5.75 Å². The molecule has 0 bridgehead atoms. The van der Waals surface area contributed by atoms with Crippen molar-refractivity contribution in [3.8, 4) is 5.75 Å². The molecule has 0 aliphatic rings. The number of rotatable bonds is 7. The summed E-state index contributed by atoms with van der Waals surface area (Å²) in [5, 5.41) is 10.0. The van der Waals surface area contributed by atoms with Gasteiger partial charge in [0.25, 0.3) is 0 Å². The summed E-state index contributed by atoms with van der Waals surface area (Å²) < 4.78 is 5.61. The topological polar surface area (TPSA) is 55.5 Å². The Labute approximate surface area is 127 Å². The van der Waals surface area contributed by atoms with Gasteiger partial charge in [0.1, 0.15) is 5.75 Å². The molecule has 0 saturated heterocycles. The van der Waals surface area contributed by atoms with Crippen molar-refractivity contribution < 1.29 is 9.84 Å². The quantitative estimate of drug-likeness (QED) is 0.810. The second kappa shape index (κ2) is 7.87. The lowest BCUT2D eigenvalue weighted by Crippen LogP contribution is -2.20. The van der Waals surface area contributed by atoms with Crippen LogP contribution in [0.25, 0.3) is 0 Å². The Hall–Kier alpha value is -0.770. The molecule has 0 aliphatic carbocycles. The molecule has 0 radical (unpaired) electrons. The van der Waals surface area contributed by atoms with Crippen LogP contribution in [0.3, 0.4) is 0 Å². The summed E-state index contributed by atoms with van der Waals surface area (Å²) >= 11 is 6.24. The van der Waals surface area contributed by atoms with Gasteiger partial charge in [-0.3, -0.25) is 0 Å². The van der Waals surface area contributed by atoms with Gasteiger partial charge in [-0.1, -0.05) is 32.4 Å². The smallest absolute Gasteiger partial charge is 0.125 e. The largest absolute Gasteiger partial charge is 0.496 e. The van der Waals surface area contributed by atoms with Gasteiger partial charge in [-0.25, -0.2) is 0 Å². The lowest BCUT2D eigenvalue weighted by Gasteiger charge is -2.23. The van der Waals surface area contributed by atoms with Crippen molar-refractivity contribution in [1.29, 1.82) is 0 Å². The van der Waals surface area contributed by atoms with Crippen LogP contribution in [0.2, 0.25) is 5.02 Å². The molecule has 3 N–H and O–H groups in total. The molecule has 2 atom stereocenters. The van der Waals surface area contributed by atoms with E-state index in [1.165, 1.54) is 0 Å². The molecule has 1 aromatic rings. The third-order valence-electron chi connectivity index (χ3n) is 3.75. The molecule has 0 amide bonds. The third kappa shape index (κ3) is 4.11.